The predicted octanol–water partition coefficient (Wildman–Crippen LogP) is 3.67. The lowest BCUT2D eigenvalue weighted by Crippen LogP contribution is -2.38. The van der Waals surface area contributed by atoms with Gasteiger partial charge >= 0.3 is 0 Å². The van der Waals surface area contributed by atoms with Crippen molar-refractivity contribution in [2.75, 3.05) is 6.54 Å². The van der Waals surface area contributed by atoms with Crippen LogP contribution in [0.3, 0.4) is 0 Å². The minimum absolute atomic E-state index is 0.0571. The third-order valence-corrected chi connectivity index (χ3v) is 5.24. The van der Waals surface area contributed by atoms with Crippen molar-refractivity contribution in [2.45, 2.75) is 25.3 Å². The van der Waals surface area contributed by atoms with Gasteiger partial charge in [-0.2, -0.15) is 5.10 Å². The molecule has 0 radical (unpaired) electrons. The molecule has 1 unspecified atom stereocenters. The zero-order valence-electron chi connectivity index (χ0n) is 15.3. The van der Waals surface area contributed by atoms with E-state index in [4.69, 9.17) is 0 Å². The topological polar surface area (TPSA) is 38.1 Å². The fourth-order valence-corrected chi connectivity index (χ4v) is 3.80. The molecule has 0 saturated carbocycles. The monoisotopic (exact) mass is 363 g/mol. The Morgan fingerprint density at radius 1 is 1.19 bits per heavy atom. The van der Waals surface area contributed by atoms with Crippen molar-refractivity contribution in [3.8, 4) is 0 Å². The molecule has 2 aromatic carbocycles. The smallest absolute Gasteiger partial charge is 0.223 e. The van der Waals surface area contributed by atoms with Gasteiger partial charge in [0.2, 0.25) is 5.91 Å². The average molecular weight is 363 g/mol. The van der Waals surface area contributed by atoms with Crippen LogP contribution in [0, 0.1) is 5.82 Å². The lowest BCUT2D eigenvalue weighted by molar-refractivity contribution is -0.132. The summed E-state index contributed by atoms with van der Waals surface area (Å²) in [5.41, 5.74) is 4.11. The van der Waals surface area contributed by atoms with Crippen LogP contribution in [0.5, 0.6) is 0 Å². The van der Waals surface area contributed by atoms with E-state index in [1.807, 2.05) is 36.5 Å². The number of aryl methyl sites for hydroxylation is 2. The van der Waals surface area contributed by atoms with Crippen LogP contribution in [0.25, 0.3) is 0 Å². The Labute approximate surface area is 158 Å². The van der Waals surface area contributed by atoms with E-state index in [2.05, 4.69) is 17.2 Å². The Kier molecular flexibility index (Phi) is 4.75. The quantitative estimate of drug-likeness (QED) is 0.709. The van der Waals surface area contributed by atoms with Gasteiger partial charge in [-0.1, -0.05) is 42.5 Å². The maximum absolute atomic E-state index is 13.8. The average Bonchev–Trinajstić information content (AvgIpc) is 3.12. The van der Waals surface area contributed by atoms with Crippen LogP contribution in [0.4, 0.5) is 4.39 Å². The van der Waals surface area contributed by atoms with Gasteiger partial charge in [-0.15, -0.1) is 0 Å². The number of fused-ring (bicyclic) bond motifs is 1. The number of hydrogen-bond acceptors (Lipinski definition) is 2. The number of benzene rings is 2. The summed E-state index contributed by atoms with van der Waals surface area (Å²) in [6, 6.07) is 14.9. The van der Waals surface area contributed by atoms with E-state index in [0.29, 0.717) is 31.5 Å². The van der Waals surface area contributed by atoms with Crippen LogP contribution in [0.15, 0.2) is 60.9 Å². The number of carbonyl (C=O) groups excluding carboxylic acids is 1. The second-order valence-electron chi connectivity index (χ2n) is 7.06. The molecule has 0 aliphatic carbocycles. The molecular formula is C22H22FN3O. The first-order valence-corrected chi connectivity index (χ1v) is 9.19. The van der Waals surface area contributed by atoms with E-state index < -0.39 is 0 Å². The standard InChI is InChI=1S/C22H22FN3O/c1-25-13-18(12-24-25)20-15-26(14-17-7-2-4-8-19(17)20)22(27)11-10-16-6-3-5-9-21(16)23/h2-9,12-13,20H,10-11,14-15H2,1H3. The van der Waals surface area contributed by atoms with Gasteiger partial charge < -0.3 is 4.90 Å². The van der Waals surface area contributed by atoms with Gasteiger partial charge in [0.1, 0.15) is 5.82 Å². The van der Waals surface area contributed by atoms with Gasteiger partial charge in [-0.05, 0) is 34.7 Å². The molecule has 0 N–H and O–H groups in total. The molecule has 0 saturated heterocycles. The highest BCUT2D eigenvalue weighted by atomic mass is 19.1. The van der Waals surface area contributed by atoms with Crippen molar-refractivity contribution in [2.24, 2.45) is 7.05 Å². The Morgan fingerprint density at radius 2 is 1.96 bits per heavy atom. The summed E-state index contributed by atoms with van der Waals surface area (Å²) >= 11 is 0. The molecule has 3 aromatic rings. The highest BCUT2D eigenvalue weighted by molar-refractivity contribution is 5.77. The summed E-state index contributed by atoms with van der Waals surface area (Å²) in [5.74, 6) is -0.0785. The molecule has 138 valence electrons. The first-order valence-electron chi connectivity index (χ1n) is 9.19. The van der Waals surface area contributed by atoms with Crippen LogP contribution in [0.2, 0.25) is 0 Å². The molecule has 1 atom stereocenters. The van der Waals surface area contributed by atoms with Gasteiger partial charge in [0, 0.05) is 38.7 Å². The van der Waals surface area contributed by atoms with Crippen LogP contribution in [0.1, 0.15) is 34.6 Å². The number of aromatic nitrogens is 2. The van der Waals surface area contributed by atoms with E-state index in [1.54, 1.807) is 22.9 Å². The van der Waals surface area contributed by atoms with Crippen molar-refractivity contribution >= 4 is 5.91 Å². The maximum atomic E-state index is 13.8. The third-order valence-electron chi connectivity index (χ3n) is 5.24. The maximum Gasteiger partial charge on any atom is 0.223 e. The zero-order chi connectivity index (χ0) is 18.8. The molecular weight excluding hydrogens is 341 g/mol. The predicted molar refractivity (Wildman–Crippen MR) is 102 cm³/mol. The largest absolute Gasteiger partial charge is 0.337 e. The summed E-state index contributed by atoms with van der Waals surface area (Å²) in [6.07, 6.45) is 4.60. The van der Waals surface area contributed by atoms with Gasteiger partial charge in [0.25, 0.3) is 0 Å². The number of carbonyl (C=O) groups is 1. The highest BCUT2D eigenvalue weighted by Gasteiger charge is 2.29. The molecule has 5 heteroatoms. The van der Waals surface area contributed by atoms with Crippen LogP contribution < -0.4 is 0 Å². The molecule has 4 nitrogen and oxygen atoms in total. The SMILES string of the molecule is Cn1cc(C2CN(C(=O)CCc3ccccc3F)Cc3ccccc32)cn1. The van der Waals surface area contributed by atoms with Crippen molar-refractivity contribution in [1.29, 1.82) is 0 Å². The molecule has 0 fully saturated rings. The lowest BCUT2D eigenvalue weighted by atomic mass is 9.86. The Morgan fingerprint density at radius 3 is 2.74 bits per heavy atom. The molecule has 0 bridgehead atoms. The molecule has 1 aliphatic rings. The lowest BCUT2D eigenvalue weighted by Gasteiger charge is -2.34. The van der Waals surface area contributed by atoms with Crippen molar-refractivity contribution in [3.63, 3.8) is 0 Å². The fraction of sp³-hybridized carbons (Fsp3) is 0.273. The first-order chi connectivity index (χ1) is 13.1. The molecule has 1 aliphatic heterocycles. The van der Waals surface area contributed by atoms with E-state index in [0.717, 1.165) is 11.1 Å². The number of halogens is 1. The van der Waals surface area contributed by atoms with Gasteiger partial charge in [-0.3, -0.25) is 9.48 Å². The first kappa shape index (κ1) is 17.5. The van der Waals surface area contributed by atoms with Gasteiger partial charge in [-0.25, -0.2) is 4.39 Å². The van der Waals surface area contributed by atoms with Gasteiger partial charge in [0.15, 0.2) is 0 Å². The van der Waals surface area contributed by atoms with Gasteiger partial charge in [0.05, 0.1) is 6.20 Å². The highest BCUT2D eigenvalue weighted by Crippen LogP contribution is 2.33. The molecule has 27 heavy (non-hydrogen) atoms. The zero-order valence-corrected chi connectivity index (χ0v) is 15.3. The second-order valence-corrected chi connectivity index (χ2v) is 7.06. The summed E-state index contributed by atoms with van der Waals surface area (Å²) in [5, 5.41) is 4.29. The Balaban J connectivity index is 1.54. The van der Waals surface area contributed by atoms with E-state index in [1.165, 1.54) is 11.6 Å². The summed E-state index contributed by atoms with van der Waals surface area (Å²) in [6.45, 7) is 1.22. The van der Waals surface area contributed by atoms with E-state index >= 15 is 0 Å². The van der Waals surface area contributed by atoms with E-state index in [-0.39, 0.29) is 17.6 Å². The van der Waals surface area contributed by atoms with Crippen molar-refractivity contribution < 1.29 is 9.18 Å². The molecule has 1 amide bonds. The number of amides is 1. The molecule has 4 rings (SSSR count). The molecule has 1 aromatic heterocycles. The van der Waals surface area contributed by atoms with Crippen LogP contribution in [-0.4, -0.2) is 27.1 Å². The molecule has 0 spiro atoms. The normalized spacial score (nSPS) is 16.2. The summed E-state index contributed by atoms with van der Waals surface area (Å²) in [7, 11) is 1.90. The number of hydrogen-bond donors (Lipinski definition) is 0. The second kappa shape index (κ2) is 7.35. The number of nitrogens with zero attached hydrogens (tertiary/aromatic N) is 3. The summed E-state index contributed by atoms with van der Waals surface area (Å²) in [4.78, 5) is 14.7. The minimum atomic E-state index is -0.248. The van der Waals surface area contributed by atoms with Crippen LogP contribution >= 0.6 is 0 Å². The Hall–Kier alpha value is -2.95. The Bertz CT molecular complexity index is 965. The van der Waals surface area contributed by atoms with Crippen molar-refractivity contribution in [1.82, 2.24) is 14.7 Å². The fourth-order valence-electron chi connectivity index (χ4n) is 3.80. The summed E-state index contributed by atoms with van der Waals surface area (Å²) < 4.78 is 15.6. The number of rotatable bonds is 4. The van der Waals surface area contributed by atoms with E-state index in [9.17, 15) is 9.18 Å². The third kappa shape index (κ3) is 3.63. The van der Waals surface area contributed by atoms with Crippen molar-refractivity contribution in [3.05, 3.63) is 89.0 Å². The minimum Gasteiger partial charge on any atom is -0.337 e. The van der Waals surface area contributed by atoms with Crippen LogP contribution in [-0.2, 0) is 24.8 Å². The molecule has 2 heterocycles.